The van der Waals surface area contributed by atoms with Gasteiger partial charge in [0.2, 0.25) is 0 Å². The number of nitrogens with one attached hydrogen (secondary N) is 3. The molecular weight excluding hydrogens is 520 g/mol. The van der Waals surface area contributed by atoms with Crippen LogP contribution in [0.4, 0.5) is 4.79 Å². The quantitative estimate of drug-likeness (QED) is 0.156. The molecule has 0 fully saturated rings. The summed E-state index contributed by atoms with van der Waals surface area (Å²) in [6, 6.07) is 11.4. The van der Waals surface area contributed by atoms with E-state index in [1.165, 1.54) is 7.11 Å². The van der Waals surface area contributed by atoms with Gasteiger partial charge in [-0.15, -0.1) is 0 Å². The summed E-state index contributed by atoms with van der Waals surface area (Å²) < 4.78 is 17.2. The van der Waals surface area contributed by atoms with Gasteiger partial charge in [0.05, 0.1) is 31.5 Å². The van der Waals surface area contributed by atoms with Crippen molar-refractivity contribution in [1.29, 1.82) is 0 Å². The van der Waals surface area contributed by atoms with Gasteiger partial charge in [-0.05, 0) is 37.6 Å². The Kier molecular flexibility index (Phi) is 9.10. The van der Waals surface area contributed by atoms with E-state index in [1.807, 2.05) is 31.2 Å². The molecule has 11 heteroatoms. The number of urea groups is 1. The number of carbonyl (C=O) groups is 2. The first kappa shape index (κ1) is 26.0. The third kappa shape index (κ3) is 6.74. The fourth-order valence-corrected chi connectivity index (χ4v) is 3.78. The van der Waals surface area contributed by atoms with Crippen molar-refractivity contribution < 1.29 is 28.9 Å². The highest BCUT2D eigenvalue weighted by molar-refractivity contribution is 9.10. The minimum absolute atomic E-state index is 0.108. The summed E-state index contributed by atoms with van der Waals surface area (Å²) >= 11 is 3.43. The van der Waals surface area contributed by atoms with Crippen molar-refractivity contribution in [3.63, 3.8) is 0 Å². The largest absolute Gasteiger partial charge is 0.490 e. The molecule has 2 atom stereocenters. The Bertz CT molecular complexity index is 1140. The number of methoxy groups -OCH3 is 1. The van der Waals surface area contributed by atoms with Crippen LogP contribution in [0.25, 0.3) is 0 Å². The Morgan fingerprint density at radius 2 is 2.03 bits per heavy atom. The predicted molar refractivity (Wildman–Crippen MR) is 133 cm³/mol. The average molecular weight is 547 g/mol. The number of halogens is 1. The number of allylic oxidation sites excluding steroid dienone is 1. The molecule has 2 aromatic rings. The number of hydrogen-bond donors (Lipinski definition) is 4. The number of hydrazone groups is 1. The molecule has 0 spiro atoms. The second-order valence-electron chi connectivity index (χ2n) is 7.44. The van der Waals surface area contributed by atoms with E-state index in [-0.39, 0.29) is 12.2 Å². The van der Waals surface area contributed by atoms with Crippen molar-refractivity contribution >= 4 is 34.1 Å². The summed E-state index contributed by atoms with van der Waals surface area (Å²) in [7, 11) is 1.28. The molecule has 0 saturated carbocycles. The van der Waals surface area contributed by atoms with Crippen LogP contribution in [-0.2, 0) is 9.53 Å². The van der Waals surface area contributed by atoms with Crippen LogP contribution in [0.1, 0.15) is 31.0 Å². The van der Waals surface area contributed by atoms with E-state index in [9.17, 15) is 14.7 Å². The van der Waals surface area contributed by atoms with Gasteiger partial charge in [0, 0.05) is 15.7 Å². The Balaban J connectivity index is 1.72. The summed E-state index contributed by atoms with van der Waals surface area (Å²) in [6.07, 6.45) is 0.498. The molecule has 0 aliphatic carbocycles. The fraction of sp³-hybridized carbons (Fsp3) is 0.292. The Morgan fingerprint density at radius 3 is 2.74 bits per heavy atom. The van der Waals surface area contributed by atoms with Crippen molar-refractivity contribution in [2.75, 3.05) is 20.3 Å². The summed E-state index contributed by atoms with van der Waals surface area (Å²) in [5, 5.41) is 19.6. The average Bonchev–Trinajstić information content (AvgIpc) is 2.83. The van der Waals surface area contributed by atoms with Gasteiger partial charge in [-0.1, -0.05) is 40.2 Å². The van der Waals surface area contributed by atoms with E-state index in [0.717, 1.165) is 10.0 Å². The molecule has 186 valence electrons. The Morgan fingerprint density at radius 1 is 1.26 bits per heavy atom. The van der Waals surface area contributed by atoms with Crippen molar-refractivity contribution in [1.82, 2.24) is 16.1 Å². The molecule has 0 unspecified atom stereocenters. The maximum absolute atomic E-state index is 12.3. The first-order chi connectivity index (χ1) is 16.8. The molecule has 3 rings (SSSR count). The van der Waals surface area contributed by atoms with Crippen molar-refractivity contribution in [2.45, 2.75) is 26.1 Å². The van der Waals surface area contributed by atoms with Crippen molar-refractivity contribution in [3.8, 4) is 11.5 Å². The molecule has 10 nitrogen and oxygen atoms in total. The number of carbonyl (C=O) groups excluding carboxylic acids is 2. The molecular formula is C24H27BrN4O6. The van der Waals surface area contributed by atoms with Gasteiger partial charge in [-0.2, -0.15) is 5.10 Å². The monoisotopic (exact) mass is 546 g/mol. The predicted octanol–water partition coefficient (Wildman–Crippen LogP) is 2.97. The van der Waals surface area contributed by atoms with Crippen LogP contribution < -0.4 is 25.5 Å². The van der Waals surface area contributed by atoms with Crippen LogP contribution in [0, 0.1) is 0 Å². The number of benzene rings is 2. The van der Waals surface area contributed by atoms with Gasteiger partial charge < -0.3 is 30.0 Å². The van der Waals surface area contributed by atoms with Gasteiger partial charge in [0.15, 0.2) is 17.7 Å². The summed E-state index contributed by atoms with van der Waals surface area (Å²) in [4.78, 5) is 24.4. The standard InChI is InChI=1S/C24H27BrN4O6/c1-4-34-19-11-15(22-21(23(31)33-3)14(2)27-24(32)28-22)9-10-18(19)35-13-20(30)29-26-12-16-7-5-6-8-17(16)25/h5-12,20,22,29-30H,4,13H2,1-3H3,(H2,27,28,32)/b26-12-/t20-,22-/m1/s1. The van der Waals surface area contributed by atoms with E-state index in [1.54, 1.807) is 31.3 Å². The van der Waals surface area contributed by atoms with E-state index in [4.69, 9.17) is 14.2 Å². The lowest BCUT2D eigenvalue weighted by Crippen LogP contribution is -2.45. The lowest BCUT2D eigenvalue weighted by Gasteiger charge is -2.28. The van der Waals surface area contributed by atoms with Gasteiger partial charge >= 0.3 is 12.0 Å². The number of aliphatic hydroxyl groups is 1. The van der Waals surface area contributed by atoms with Crippen molar-refractivity contribution in [2.24, 2.45) is 5.10 Å². The molecule has 0 aromatic heterocycles. The van der Waals surface area contributed by atoms with Crippen LogP contribution in [0.5, 0.6) is 11.5 Å². The lowest BCUT2D eigenvalue weighted by atomic mass is 9.95. The van der Waals surface area contributed by atoms with E-state index < -0.39 is 24.3 Å². The molecule has 4 N–H and O–H groups in total. The number of nitrogens with zero attached hydrogens (tertiary/aromatic N) is 1. The third-order valence-electron chi connectivity index (χ3n) is 5.00. The normalized spacial score (nSPS) is 16.4. The Hall–Kier alpha value is -3.57. The first-order valence-electron chi connectivity index (χ1n) is 10.8. The van der Waals surface area contributed by atoms with E-state index >= 15 is 0 Å². The zero-order chi connectivity index (χ0) is 25.4. The molecule has 1 aliphatic rings. The van der Waals surface area contributed by atoms with Crippen LogP contribution >= 0.6 is 15.9 Å². The number of ether oxygens (including phenoxy) is 3. The van der Waals surface area contributed by atoms with E-state index in [2.05, 4.69) is 37.1 Å². The lowest BCUT2D eigenvalue weighted by molar-refractivity contribution is -0.136. The number of esters is 1. The summed E-state index contributed by atoms with van der Waals surface area (Å²) in [6.45, 7) is 3.70. The summed E-state index contributed by atoms with van der Waals surface area (Å²) in [5.74, 6) is 0.214. The highest BCUT2D eigenvalue weighted by Gasteiger charge is 2.32. The maximum atomic E-state index is 12.3. The molecule has 1 heterocycles. The topological polar surface area (TPSA) is 131 Å². The second kappa shape index (κ2) is 12.2. The molecule has 0 radical (unpaired) electrons. The van der Waals surface area contributed by atoms with Crippen LogP contribution in [0.3, 0.4) is 0 Å². The molecule has 1 aliphatic heterocycles. The Labute approximate surface area is 211 Å². The fourth-order valence-electron chi connectivity index (χ4n) is 3.39. The maximum Gasteiger partial charge on any atom is 0.337 e. The zero-order valence-corrected chi connectivity index (χ0v) is 21.1. The molecule has 0 saturated heterocycles. The third-order valence-corrected chi connectivity index (χ3v) is 5.73. The van der Waals surface area contributed by atoms with Crippen LogP contribution in [0.2, 0.25) is 0 Å². The van der Waals surface area contributed by atoms with E-state index in [0.29, 0.717) is 29.4 Å². The SMILES string of the molecule is CCOc1cc([C@H]2NC(=O)NC(C)=C2C(=O)OC)ccc1OC[C@@H](O)N/N=C\c1ccccc1Br. The van der Waals surface area contributed by atoms with Crippen LogP contribution in [-0.4, -0.2) is 49.9 Å². The van der Waals surface area contributed by atoms with Crippen LogP contribution in [0.15, 0.2) is 63.3 Å². The minimum Gasteiger partial charge on any atom is -0.490 e. The smallest absolute Gasteiger partial charge is 0.337 e. The second-order valence-corrected chi connectivity index (χ2v) is 8.29. The number of rotatable bonds is 10. The molecule has 2 aromatic carbocycles. The minimum atomic E-state index is -1.08. The molecule has 2 amide bonds. The molecule has 0 bridgehead atoms. The number of hydrogen-bond acceptors (Lipinski definition) is 8. The van der Waals surface area contributed by atoms with Gasteiger partial charge in [0.1, 0.15) is 6.61 Å². The summed E-state index contributed by atoms with van der Waals surface area (Å²) in [5.41, 5.74) is 4.74. The zero-order valence-electron chi connectivity index (χ0n) is 19.5. The number of aliphatic hydroxyl groups excluding tert-OH is 1. The molecule has 35 heavy (non-hydrogen) atoms. The highest BCUT2D eigenvalue weighted by Crippen LogP contribution is 2.34. The number of amides is 2. The van der Waals surface area contributed by atoms with Gasteiger partial charge in [-0.3, -0.25) is 5.43 Å². The van der Waals surface area contributed by atoms with Gasteiger partial charge in [-0.25, -0.2) is 9.59 Å². The van der Waals surface area contributed by atoms with Crippen molar-refractivity contribution in [3.05, 3.63) is 69.3 Å². The first-order valence-corrected chi connectivity index (χ1v) is 11.6. The van der Waals surface area contributed by atoms with Gasteiger partial charge in [0.25, 0.3) is 0 Å². The highest BCUT2D eigenvalue weighted by atomic mass is 79.9.